The number of hydrogen-bond acceptors (Lipinski definition) is 6. The molecule has 1 unspecified atom stereocenters. The molecule has 0 saturated heterocycles. The number of Topliss-reactive ketones (excluding diaryl/α,β-unsaturated/α-hetero) is 1. The maximum atomic E-state index is 13.2. The lowest BCUT2D eigenvalue weighted by atomic mass is 10.2. The molecule has 0 bridgehead atoms. The van der Waals surface area contributed by atoms with Crippen molar-refractivity contribution in [3.63, 3.8) is 0 Å². The number of aromatic nitrogens is 4. The topological polar surface area (TPSA) is 56.0 Å². The van der Waals surface area contributed by atoms with Crippen LogP contribution < -0.4 is 0 Å². The summed E-state index contributed by atoms with van der Waals surface area (Å²) in [5.41, 5.74) is 3.02. The number of thiophene rings is 1. The van der Waals surface area contributed by atoms with Crippen molar-refractivity contribution < 1.29 is 4.79 Å². The van der Waals surface area contributed by atoms with Crippen LogP contribution in [0.4, 0.5) is 0 Å². The largest absolute Gasteiger partial charge is 0.348 e. The highest BCUT2D eigenvalue weighted by Gasteiger charge is 2.23. The van der Waals surface area contributed by atoms with E-state index in [9.17, 15) is 4.79 Å². The second-order valence-corrected chi connectivity index (χ2v) is 10.7. The van der Waals surface area contributed by atoms with Crippen LogP contribution in [0, 0.1) is 13.8 Å². The van der Waals surface area contributed by atoms with Crippen molar-refractivity contribution in [2.24, 2.45) is 0 Å². The lowest BCUT2D eigenvalue weighted by Crippen LogP contribution is -2.23. The van der Waals surface area contributed by atoms with Crippen LogP contribution >= 0.6 is 23.1 Å². The molecule has 33 heavy (non-hydrogen) atoms. The molecule has 180 valence electrons. The van der Waals surface area contributed by atoms with E-state index in [0.29, 0.717) is 5.75 Å². The first kappa shape index (κ1) is 25.7. The van der Waals surface area contributed by atoms with Gasteiger partial charge in [0.1, 0.15) is 0 Å². The van der Waals surface area contributed by atoms with Crippen molar-refractivity contribution in [2.75, 3.05) is 19.8 Å². The molecule has 8 heteroatoms. The van der Waals surface area contributed by atoms with Gasteiger partial charge in [0.15, 0.2) is 16.8 Å². The summed E-state index contributed by atoms with van der Waals surface area (Å²) in [4.78, 5) is 16.7. The van der Waals surface area contributed by atoms with Crippen LogP contribution in [-0.2, 0) is 19.5 Å². The van der Waals surface area contributed by atoms with E-state index in [0.717, 1.165) is 66.7 Å². The highest BCUT2D eigenvalue weighted by atomic mass is 32.2. The van der Waals surface area contributed by atoms with Crippen molar-refractivity contribution in [2.45, 2.75) is 77.7 Å². The fraction of sp³-hybridized carbons (Fsp3) is 0.560. The summed E-state index contributed by atoms with van der Waals surface area (Å²) in [5, 5.41) is 12.0. The molecule has 0 aliphatic rings. The van der Waals surface area contributed by atoms with E-state index in [4.69, 9.17) is 0 Å². The number of rotatable bonds is 13. The summed E-state index contributed by atoms with van der Waals surface area (Å²) in [5.74, 6) is 1.53. The molecule has 0 aliphatic carbocycles. The first-order valence-electron chi connectivity index (χ1n) is 11.8. The molecule has 3 aromatic heterocycles. The van der Waals surface area contributed by atoms with Crippen LogP contribution in [0.3, 0.4) is 0 Å². The number of aryl methyl sites for hydroxylation is 2. The Bertz CT molecular complexity index is 1040. The van der Waals surface area contributed by atoms with E-state index >= 15 is 0 Å². The van der Waals surface area contributed by atoms with Gasteiger partial charge in [0.25, 0.3) is 0 Å². The molecule has 0 N–H and O–H groups in total. The number of ketones is 1. The zero-order valence-corrected chi connectivity index (χ0v) is 22.4. The molecule has 0 aromatic carbocycles. The lowest BCUT2D eigenvalue weighted by Gasteiger charge is -2.23. The van der Waals surface area contributed by atoms with Gasteiger partial charge in [-0.2, -0.15) is 0 Å². The third-order valence-electron chi connectivity index (χ3n) is 6.16. The minimum absolute atomic E-state index is 0.154. The van der Waals surface area contributed by atoms with Gasteiger partial charge in [0, 0.05) is 34.9 Å². The first-order valence-corrected chi connectivity index (χ1v) is 13.7. The van der Waals surface area contributed by atoms with Crippen molar-refractivity contribution in [3.8, 4) is 0 Å². The molecule has 0 radical (unpaired) electrons. The Hall–Kier alpha value is -1.90. The summed E-state index contributed by atoms with van der Waals surface area (Å²) in [6.07, 6.45) is 4.14. The van der Waals surface area contributed by atoms with Gasteiger partial charge in [-0.3, -0.25) is 9.69 Å². The molecular formula is C25H37N5OS2. The summed E-state index contributed by atoms with van der Waals surface area (Å²) >= 11 is 3.29. The normalized spacial score (nSPS) is 12.6. The van der Waals surface area contributed by atoms with Crippen molar-refractivity contribution >= 4 is 28.9 Å². The van der Waals surface area contributed by atoms with Crippen LogP contribution in [0.5, 0.6) is 0 Å². The summed E-state index contributed by atoms with van der Waals surface area (Å²) in [7, 11) is 4.16. The average Bonchev–Trinajstić information content (AvgIpc) is 3.50. The van der Waals surface area contributed by atoms with Crippen molar-refractivity contribution in [1.29, 1.82) is 0 Å². The maximum Gasteiger partial charge on any atom is 0.191 e. The van der Waals surface area contributed by atoms with Gasteiger partial charge >= 0.3 is 0 Å². The Morgan fingerprint density at radius 3 is 2.61 bits per heavy atom. The van der Waals surface area contributed by atoms with Gasteiger partial charge in [-0.1, -0.05) is 38.1 Å². The Kier molecular flexibility index (Phi) is 9.35. The summed E-state index contributed by atoms with van der Waals surface area (Å²) in [6, 6.07) is 6.53. The zero-order valence-electron chi connectivity index (χ0n) is 20.8. The molecule has 3 aromatic rings. The molecule has 0 amide bonds. The quantitative estimate of drug-likeness (QED) is 0.226. The molecule has 6 nitrogen and oxygen atoms in total. The van der Waals surface area contributed by atoms with Crippen molar-refractivity contribution in [1.82, 2.24) is 24.2 Å². The summed E-state index contributed by atoms with van der Waals surface area (Å²) in [6.45, 7) is 10.3. The second-order valence-electron chi connectivity index (χ2n) is 8.71. The van der Waals surface area contributed by atoms with E-state index in [1.54, 1.807) is 11.3 Å². The van der Waals surface area contributed by atoms with Crippen LogP contribution in [0.2, 0.25) is 0 Å². The molecular weight excluding hydrogens is 450 g/mol. The van der Waals surface area contributed by atoms with E-state index in [1.807, 2.05) is 6.07 Å². The molecule has 0 fully saturated rings. The van der Waals surface area contributed by atoms with Crippen LogP contribution in [0.15, 0.2) is 28.7 Å². The van der Waals surface area contributed by atoms with Gasteiger partial charge in [0.2, 0.25) is 0 Å². The standard InChI is InChI=1S/C25H37N5OS2/c1-7-9-13-30-24(22(8-2)28(5)6)26-27-25(30)33-17-23(31)21-16-18(3)29(19(21)4)14-12-20-11-10-15-32-20/h10-11,15-16,22H,7-9,12-14,17H2,1-6H3. The molecule has 0 aliphatic heterocycles. The van der Waals surface area contributed by atoms with Gasteiger partial charge in [-0.25, -0.2) is 0 Å². The molecule has 0 spiro atoms. The molecule has 0 saturated carbocycles. The monoisotopic (exact) mass is 487 g/mol. The average molecular weight is 488 g/mol. The van der Waals surface area contributed by atoms with E-state index < -0.39 is 0 Å². The van der Waals surface area contributed by atoms with Crippen molar-refractivity contribution in [3.05, 3.63) is 51.2 Å². The third kappa shape index (κ3) is 6.16. The molecule has 1 atom stereocenters. The van der Waals surface area contributed by atoms with Gasteiger partial charge in [-0.05, 0) is 64.7 Å². The lowest BCUT2D eigenvalue weighted by molar-refractivity contribution is 0.102. The van der Waals surface area contributed by atoms with Crippen LogP contribution in [0.25, 0.3) is 0 Å². The number of nitrogens with zero attached hydrogens (tertiary/aromatic N) is 5. The Morgan fingerprint density at radius 1 is 1.18 bits per heavy atom. The number of hydrogen-bond donors (Lipinski definition) is 0. The van der Waals surface area contributed by atoms with Gasteiger partial charge in [0.05, 0.1) is 11.8 Å². The fourth-order valence-corrected chi connectivity index (χ4v) is 5.82. The Balaban J connectivity index is 1.72. The molecule has 3 heterocycles. The minimum Gasteiger partial charge on any atom is -0.348 e. The maximum absolute atomic E-state index is 13.2. The number of thioether (sulfide) groups is 1. The van der Waals surface area contributed by atoms with Crippen LogP contribution in [0.1, 0.15) is 71.6 Å². The van der Waals surface area contributed by atoms with Gasteiger partial charge < -0.3 is 9.13 Å². The molecule has 3 rings (SSSR count). The first-order chi connectivity index (χ1) is 15.9. The smallest absolute Gasteiger partial charge is 0.191 e. The second kappa shape index (κ2) is 12.0. The summed E-state index contributed by atoms with van der Waals surface area (Å²) < 4.78 is 4.49. The SMILES string of the molecule is CCCCn1c(SCC(=O)c2cc(C)n(CCc3cccs3)c2C)nnc1C(CC)N(C)C. The predicted octanol–water partition coefficient (Wildman–Crippen LogP) is 5.79. The third-order valence-corrected chi connectivity index (χ3v) is 8.06. The van der Waals surface area contributed by atoms with E-state index in [2.05, 4.69) is 83.5 Å². The highest BCUT2D eigenvalue weighted by molar-refractivity contribution is 7.99. The minimum atomic E-state index is 0.154. The van der Waals surface area contributed by atoms with E-state index in [1.165, 1.54) is 16.6 Å². The highest BCUT2D eigenvalue weighted by Crippen LogP contribution is 2.27. The Morgan fingerprint density at radius 2 is 1.97 bits per heavy atom. The fourth-order valence-electron chi connectivity index (χ4n) is 4.27. The van der Waals surface area contributed by atoms with E-state index in [-0.39, 0.29) is 11.8 Å². The number of carbonyl (C=O) groups excluding carboxylic acids is 1. The number of unbranched alkanes of at least 4 members (excludes halogenated alkanes) is 1. The zero-order chi connectivity index (χ0) is 24.0. The van der Waals surface area contributed by atoms with Crippen LogP contribution in [-0.4, -0.2) is 49.9 Å². The number of carbonyl (C=O) groups is 1. The predicted molar refractivity (Wildman–Crippen MR) is 139 cm³/mol. The Labute approximate surface area is 206 Å². The van der Waals surface area contributed by atoms with Gasteiger partial charge in [-0.15, -0.1) is 21.5 Å².